The molecule has 1 aromatic carbocycles. The van der Waals surface area contributed by atoms with Crippen LogP contribution in [0.5, 0.6) is 11.5 Å². The van der Waals surface area contributed by atoms with Gasteiger partial charge in [-0.15, -0.1) is 0 Å². The lowest BCUT2D eigenvalue weighted by Gasteiger charge is -2.12. The molecule has 4 heteroatoms. The van der Waals surface area contributed by atoms with Gasteiger partial charge >= 0.3 is 0 Å². The molecule has 0 radical (unpaired) electrons. The van der Waals surface area contributed by atoms with Crippen LogP contribution in [0.25, 0.3) is 0 Å². The molecule has 13 heavy (non-hydrogen) atoms. The Morgan fingerprint density at radius 1 is 1.31 bits per heavy atom. The van der Waals surface area contributed by atoms with E-state index < -0.39 is 0 Å². The molecule has 1 aromatic rings. The van der Waals surface area contributed by atoms with Crippen LogP contribution in [-0.2, 0) is 6.61 Å². The van der Waals surface area contributed by atoms with Gasteiger partial charge in [0.1, 0.15) is 11.5 Å². The van der Waals surface area contributed by atoms with E-state index in [1.165, 1.54) is 0 Å². The molecule has 0 fully saturated rings. The molecule has 0 aliphatic carbocycles. The molecule has 0 aromatic heterocycles. The molecule has 72 valence electrons. The number of aliphatic hydroxyl groups is 1. The highest BCUT2D eigenvalue weighted by Gasteiger charge is 2.11. The minimum atomic E-state index is -0.105. The highest BCUT2D eigenvalue weighted by atomic mass is 79.9. The van der Waals surface area contributed by atoms with Gasteiger partial charge in [-0.25, -0.2) is 0 Å². The number of benzene rings is 1. The van der Waals surface area contributed by atoms with Crippen LogP contribution in [0.3, 0.4) is 0 Å². The Morgan fingerprint density at radius 3 is 2.46 bits per heavy atom. The van der Waals surface area contributed by atoms with E-state index in [-0.39, 0.29) is 6.61 Å². The third-order valence-electron chi connectivity index (χ3n) is 1.75. The summed E-state index contributed by atoms with van der Waals surface area (Å²) in [6.45, 7) is -0.105. The minimum absolute atomic E-state index is 0.105. The van der Waals surface area contributed by atoms with E-state index in [2.05, 4.69) is 15.9 Å². The lowest BCUT2D eigenvalue weighted by Crippen LogP contribution is -1.97. The Labute approximate surface area is 85.4 Å². The van der Waals surface area contributed by atoms with Gasteiger partial charge < -0.3 is 14.6 Å². The molecule has 0 bridgehead atoms. The summed E-state index contributed by atoms with van der Waals surface area (Å²) in [6, 6.07) is 3.59. The van der Waals surface area contributed by atoms with Crippen LogP contribution in [0.4, 0.5) is 0 Å². The Balaban J connectivity index is 3.27. The zero-order chi connectivity index (χ0) is 9.84. The van der Waals surface area contributed by atoms with Gasteiger partial charge in [-0.3, -0.25) is 0 Å². The third-order valence-corrected chi connectivity index (χ3v) is 2.38. The van der Waals surface area contributed by atoms with Crippen molar-refractivity contribution in [3.8, 4) is 11.5 Å². The predicted molar refractivity (Wildman–Crippen MR) is 53.2 cm³/mol. The largest absolute Gasteiger partial charge is 0.496 e. The number of methoxy groups -OCH3 is 2. The van der Waals surface area contributed by atoms with E-state index in [0.29, 0.717) is 17.1 Å². The zero-order valence-electron chi connectivity index (χ0n) is 7.50. The molecular formula is C9H11BrO3. The number of halogens is 1. The Morgan fingerprint density at radius 2 is 2.00 bits per heavy atom. The van der Waals surface area contributed by atoms with Crippen LogP contribution >= 0.6 is 15.9 Å². The van der Waals surface area contributed by atoms with Crippen molar-refractivity contribution in [1.82, 2.24) is 0 Å². The molecule has 0 saturated heterocycles. The van der Waals surface area contributed by atoms with E-state index in [4.69, 9.17) is 14.6 Å². The number of hydrogen-bond acceptors (Lipinski definition) is 3. The van der Waals surface area contributed by atoms with E-state index in [1.54, 1.807) is 20.3 Å². The molecule has 0 aliphatic rings. The van der Waals surface area contributed by atoms with Gasteiger partial charge in [0.15, 0.2) is 0 Å². The van der Waals surface area contributed by atoms with Crippen LogP contribution in [-0.4, -0.2) is 19.3 Å². The van der Waals surface area contributed by atoms with Crippen LogP contribution in [0.2, 0.25) is 0 Å². The zero-order valence-corrected chi connectivity index (χ0v) is 9.09. The van der Waals surface area contributed by atoms with E-state index in [1.807, 2.05) is 6.07 Å². The van der Waals surface area contributed by atoms with E-state index in [0.717, 1.165) is 4.47 Å². The maximum absolute atomic E-state index is 9.11. The van der Waals surface area contributed by atoms with Crippen molar-refractivity contribution in [2.75, 3.05) is 14.2 Å². The van der Waals surface area contributed by atoms with Crippen molar-refractivity contribution in [3.05, 3.63) is 22.2 Å². The average Bonchev–Trinajstić information content (AvgIpc) is 2.17. The van der Waals surface area contributed by atoms with Crippen molar-refractivity contribution >= 4 is 15.9 Å². The molecule has 0 unspecified atom stereocenters. The third kappa shape index (κ3) is 1.95. The molecule has 0 atom stereocenters. The number of aliphatic hydroxyl groups excluding tert-OH is 1. The molecule has 1 rings (SSSR count). The fourth-order valence-corrected chi connectivity index (χ4v) is 1.68. The molecular weight excluding hydrogens is 236 g/mol. The SMILES string of the molecule is COc1ccc(Br)c(OC)c1CO. The molecule has 0 heterocycles. The second-order valence-electron chi connectivity index (χ2n) is 2.42. The smallest absolute Gasteiger partial charge is 0.142 e. The van der Waals surface area contributed by atoms with E-state index in [9.17, 15) is 0 Å². The summed E-state index contributed by atoms with van der Waals surface area (Å²) in [6.07, 6.45) is 0. The lowest BCUT2D eigenvalue weighted by molar-refractivity contribution is 0.264. The second kappa shape index (κ2) is 4.48. The fraction of sp³-hybridized carbons (Fsp3) is 0.333. The van der Waals surface area contributed by atoms with Crippen molar-refractivity contribution < 1.29 is 14.6 Å². The number of ether oxygens (including phenoxy) is 2. The molecule has 0 saturated carbocycles. The van der Waals surface area contributed by atoms with Crippen LogP contribution < -0.4 is 9.47 Å². The van der Waals surface area contributed by atoms with Gasteiger partial charge in [-0.1, -0.05) is 0 Å². The lowest BCUT2D eigenvalue weighted by atomic mass is 10.2. The number of hydrogen-bond donors (Lipinski definition) is 1. The second-order valence-corrected chi connectivity index (χ2v) is 3.27. The van der Waals surface area contributed by atoms with Crippen molar-refractivity contribution in [3.63, 3.8) is 0 Å². The first kappa shape index (κ1) is 10.3. The quantitative estimate of drug-likeness (QED) is 0.887. The van der Waals surface area contributed by atoms with Gasteiger partial charge in [0.05, 0.1) is 30.9 Å². The summed E-state index contributed by atoms with van der Waals surface area (Å²) >= 11 is 3.32. The first-order chi connectivity index (χ1) is 6.24. The topological polar surface area (TPSA) is 38.7 Å². The summed E-state index contributed by atoms with van der Waals surface area (Å²) in [5.74, 6) is 1.24. The average molecular weight is 247 g/mol. The van der Waals surface area contributed by atoms with Gasteiger partial charge in [0.2, 0.25) is 0 Å². The molecule has 0 amide bonds. The monoisotopic (exact) mass is 246 g/mol. The van der Waals surface area contributed by atoms with Gasteiger partial charge in [-0.05, 0) is 28.1 Å². The minimum Gasteiger partial charge on any atom is -0.496 e. The molecule has 0 spiro atoms. The van der Waals surface area contributed by atoms with Crippen molar-refractivity contribution in [2.24, 2.45) is 0 Å². The standard InChI is InChI=1S/C9H11BrO3/c1-12-8-4-3-7(10)9(13-2)6(8)5-11/h3-4,11H,5H2,1-2H3. The molecule has 1 N–H and O–H groups in total. The molecule has 3 nitrogen and oxygen atoms in total. The fourth-order valence-electron chi connectivity index (χ4n) is 1.14. The van der Waals surface area contributed by atoms with Crippen molar-refractivity contribution in [1.29, 1.82) is 0 Å². The van der Waals surface area contributed by atoms with Crippen LogP contribution in [0.15, 0.2) is 16.6 Å². The van der Waals surface area contributed by atoms with Gasteiger partial charge in [0, 0.05) is 0 Å². The highest BCUT2D eigenvalue weighted by Crippen LogP contribution is 2.35. The maximum atomic E-state index is 9.11. The van der Waals surface area contributed by atoms with Crippen LogP contribution in [0.1, 0.15) is 5.56 Å². The highest BCUT2D eigenvalue weighted by molar-refractivity contribution is 9.10. The number of rotatable bonds is 3. The maximum Gasteiger partial charge on any atom is 0.142 e. The first-order valence-corrected chi connectivity index (χ1v) is 4.54. The first-order valence-electron chi connectivity index (χ1n) is 3.74. The predicted octanol–water partition coefficient (Wildman–Crippen LogP) is 1.96. The van der Waals surface area contributed by atoms with Crippen LogP contribution in [0, 0.1) is 0 Å². The summed E-state index contributed by atoms with van der Waals surface area (Å²) in [7, 11) is 3.11. The Hall–Kier alpha value is -0.740. The Bertz CT molecular complexity index is 299. The van der Waals surface area contributed by atoms with E-state index >= 15 is 0 Å². The summed E-state index contributed by atoms with van der Waals surface area (Å²) < 4.78 is 11.0. The van der Waals surface area contributed by atoms with Gasteiger partial charge in [-0.2, -0.15) is 0 Å². The Kier molecular flexibility index (Phi) is 3.57. The summed E-state index contributed by atoms with van der Waals surface area (Å²) in [4.78, 5) is 0. The normalized spacial score (nSPS) is 9.85. The van der Waals surface area contributed by atoms with Gasteiger partial charge in [0.25, 0.3) is 0 Å². The molecule has 0 aliphatic heterocycles. The van der Waals surface area contributed by atoms with Crippen molar-refractivity contribution in [2.45, 2.75) is 6.61 Å². The summed E-state index contributed by atoms with van der Waals surface area (Å²) in [5, 5.41) is 9.11. The summed E-state index contributed by atoms with van der Waals surface area (Å²) in [5.41, 5.74) is 0.652.